The van der Waals surface area contributed by atoms with Gasteiger partial charge in [0, 0.05) is 5.02 Å². The standard InChI is InChI=1S/C14H10Cl2O3/c15-10-6-7-13(12(16)8-10)19-14(17)9-18-11-4-2-1-3-5-11/h1-8H,9H2. The van der Waals surface area contributed by atoms with Gasteiger partial charge in [0.1, 0.15) is 11.5 Å². The van der Waals surface area contributed by atoms with Gasteiger partial charge in [0.15, 0.2) is 6.61 Å². The van der Waals surface area contributed by atoms with Crippen LogP contribution in [0.3, 0.4) is 0 Å². The summed E-state index contributed by atoms with van der Waals surface area (Å²) in [5.41, 5.74) is 0. The molecule has 0 saturated heterocycles. The molecule has 5 heteroatoms. The Labute approximate surface area is 120 Å². The van der Waals surface area contributed by atoms with Gasteiger partial charge in [-0.05, 0) is 30.3 Å². The first-order valence-corrected chi connectivity index (χ1v) is 6.24. The molecule has 0 aliphatic rings. The molecule has 2 rings (SSSR count). The van der Waals surface area contributed by atoms with Gasteiger partial charge in [0.25, 0.3) is 0 Å². The Morgan fingerprint density at radius 3 is 2.47 bits per heavy atom. The third kappa shape index (κ3) is 4.16. The summed E-state index contributed by atoms with van der Waals surface area (Å²) in [4.78, 5) is 11.6. The maximum atomic E-state index is 11.6. The van der Waals surface area contributed by atoms with E-state index in [0.717, 1.165) is 0 Å². The number of esters is 1. The Balaban J connectivity index is 1.91. The van der Waals surface area contributed by atoms with Gasteiger partial charge in [-0.15, -0.1) is 0 Å². The summed E-state index contributed by atoms with van der Waals surface area (Å²) in [6.45, 7) is -0.191. The minimum absolute atomic E-state index is 0.191. The van der Waals surface area contributed by atoms with Crippen LogP contribution in [-0.4, -0.2) is 12.6 Å². The number of hydrogen-bond donors (Lipinski definition) is 0. The van der Waals surface area contributed by atoms with E-state index in [2.05, 4.69) is 0 Å². The van der Waals surface area contributed by atoms with Crippen LogP contribution in [0, 0.1) is 0 Å². The first-order valence-electron chi connectivity index (χ1n) is 5.49. The van der Waals surface area contributed by atoms with Gasteiger partial charge in [-0.25, -0.2) is 4.79 Å². The number of ether oxygens (including phenoxy) is 2. The first-order chi connectivity index (χ1) is 9.15. The highest BCUT2D eigenvalue weighted by molar-refractivity contribution is 6.35. The molecule has 0 aliphatic heterocycles. The zero-order chi connectivity index (χ0) is 13.7. The van der Waals surface area contributed by atoms with E-state index in [0.29, 0.717) is 10.8 Å². The predicted octanol–water partition coefficient (Wildman–Crippen LogP) is 3.98. The molecule has 0 radical (unpaired) electrons. The van der Waals surface area contributed by atoms with Gasteiger partial charge in [-0.3, -0.25) is 0 Å². The van der Waals surface area contributed by atoms with Crippen LogP contribution < -0.4 is 9.47 Å². The lowest BCUT2D eigenvalue weighted by Gasteiger charge is -2.07. The van der Waals surface area contributed by atoms with E-state index in [4.69, 9.17) is 32.7 Å². The summed E-state index contributed by atoms with van der Waals surface area (Å²) in [6, 6.07) is 13.6. The number of benzene rings is 2. The Kier molecular flexibility index (Phi) is 4.66. The van der Waals surface area contributed by atoms with E-state index in [1.807, 2.05) is 18.2 Å². The molecule has 19 heavy (non-hydrogen) atoms. The lowest BCUT2D eigenvalue weighted by molar-refractivity contribution is -0.136. The van der Waals surface area contributed by atoms with Crippen molar-refractivity contribution in [3.63, 3.8) is 0 Å². The molecule has 0 amide bonds. The van der Waals surface area contributed by atoms with Crippen molar-refractivity contribution >= 4 is 29.2 Å². The summed E-state index contributed by atoms with van der Waals surface area (Å²) in [5, 5.41) is 0.755. The second-order valence-corrected chi connectivity index (χ2v) is 4.49. The summed E-state index contributed by atoms with van der Waals surface area (Å²) >= 11 is 11.6. The second kappa shape index (κ2) is 6.45. The molecule has 3 nitrogen and oxygen atoms in total. The van der Waals surface area contributed by atoms with Crippen LogP contribution in [0.2, 0.25) is 10.0 Å². The fourth-order valence-corrected chi connectivity index (χ4v) is 1.82. The molecule has 0 aromatic heterocycles. The van der Waals surface area contributed by atoms with Crippen molar-refractivity contribution in [1.82, 2.24) is 0 Å². The quantitative estimate of drug-likeness (QED) is 0.632. The maximum Gasteiger partial charge on any atom is 0.349 e. The molecule has 2 aromatic rings. The van der Waals surface area contributed by atoms with Crippen molar-refractivity contribution in [2.75, 3.05) is 6.61 Å². The van der Waals surface area contributed by atoms with Crippen molar-refractivity contribution in [2.24, 2.45) is 0 Å². The Morgan fingerprint density at radius 2 is 1.79 bits per heavy atom. The normalized spacial score (nSPS) is 10.0. The van der Waals surface area contributed by atoms with Crippen LogP contribution in [0.25, 0.3) is 0 Å². The van der Waals surface area contributed by atoms with Crippen LogP contribution in [0.4, 0.5) is 0 Å². The van der Waals surface area contributed by atoms with Gasteiger partial charge in [-0.2, -0.15) is 0 Å². The topological polar surface area (TPSA) is 35.5 Å². The number of hydrogen-bond acceptors (Lipinski definition) is 3. The van der Waals surface area contributed by atoms with E-state index in [-0.39, 0.29) is 17.4 Å². The molecule has 0 atom stereocenters. The Morgan fingerprint density at radius 1 is 1.05 bits per heavy atom. The highest BCUT2D eigenvalue weighted by Crippen LogP contribution is 2.27. The zero-order valence-electron chi connectivity index (χ0n) is 9.81. The SMILES string of the molecule is O=C(COc1ccccc1)Oc1ccc(Cl)cc1Cl. The minimum atomic E-state index is -0.534. The number of carbonyl (C=O) groups excluding carboxylic acids is 1. The average molecular weight is 297 g/mol. The molecule has 0 aliphatic carbocycles. The van der Waals surface area contributed by atoms with Crippen LogP contribution in [0.15, 0.2) is 48.5 Å². The number of rotatable bonds is 4. The van der Waals surface area contributed by atoms with Crippen molar-refractivity contribution in [3.05, 3.63) is 58.6 Å². The number of halogens is 2. The van der Waals surface area contributed by atoms with Gasteiger partial charge >= 0.3 is 5.97 Å². The molecule has 2 aromatic carbocycles. The van der Waals surface area contributed by atoms with E-state index in [1.165, 1.54) is 12.1 Å². The molecule has 0 N–H and O–H groups in total. The van der Waals surface area contributed by atoms with E-state index < -0.39 is 5.97 Å². The van der Waals surface area contributed by atoms with E-state index >= 15 is 0 Å². The number of carbonyl (C=O) groups is 1. The smallest absolute Gasteiger partial charge is 0.349 e. The van der Waals surface area contributed by atoms with Crippen LogP contribution in [0.1, 0.15) is 0 Å². The Hall–Kier alpha value is -1.71. The van der Waals surface area contributed by atoms with Crippen LogP contribution in [0.5, 0.6) is 11.5 Å². The van der Waals surface area contributed by atoms with Crippen LogP contribution in [-0.2, 0) is 4.79 Å². The predicted molar refractivity (Wildman–Crippen MR) is 74.0 cm³/mol. The van der Waals surface area contributed by atoms with Crippen molar-refractivity contribution in [1.29, 1.82) is 0 Å². The Bertz CT molecular complexity index is 570. The third-order valence-corrected chi connectivity index (χ3v) is 2.75. The summed E-state index contributed by atoms with van der Waals surface area (Å²) < 4.78 is 10.3. The molecule has 0 unspecified atom stereocenters. The molecule has 0 spiro atoms. The largest absolute Gasteiger partial charge is 0.482 e. The lowest BCUT2D eigenvalue weighted by Crippen LogP contribution is -2.17. The highest BCUT2D eigenvalue weighted by Gasteiger charge is 2.09. The lowest BCUT2D eigenvalue weighted by atomic mass is 10.3. The monoisotopic (exact) mass is 296 g/mol. The van der Waals surface area contributed by atoms with Crippen LogP contribution >= 0.6 is 23.2 Å². The van der Waals surface area contributed by atoms with Crippen molar-refractivity contribution < 1.29 is 14.3 Å². The van der Waals surface area contributed by atoms with E-state index in [9.17, 15) is 4.79 Å². The van der Waals surface area contributed by atoms with Crippen molar-refractivity contribution in [2.45, 2.75) is 0 Å². The number of para-hydroxylation sites is 1. The van der Waals surface area contributed by atoms with Gasteiger partial charge in [0.2, 0.25) is 0 Å². The molecule has 98 valence electrons. The third-order valence-electron chi connectivity index (χ3n) is 2.22. The van der Waals surface area contributed by atoms with Gasteiger partial charge < -0.3 is 9.47 Å². The first kappa shape index (κ1) is 13.7. The zero-order valence-corrected chi connectivity index (χ0v) is 11.3. The summed E-state index contributed by atoms with van der Waals surface area (Å²) in [7, 11) is 0. The molecule has 0 bridgehead atoms. The molecular weight excluding hydrogens is 287 g/mol. The van der Waals surface area contributed by atoms with Crippen molar-refractivity contribution in [3.8, 4) is 11.5 Å². The summed E-state index contributed by atoms with van der Waals surface area (Å²) in [6.07, 6.45) is 0. The molecular formula is C14H10Cl2O3. The minimum Gasteiger partial charge on any atom is -0.482 e. The highest BCUT2D eigenvalue weighted by atomic mass is 35.5. The molecule has 0 saturated carbocycles. The van der Waals surface area contributed by atoms with E-state index in [1.54, 1.807) is 18.2 Å². The fourth-order valence-electron chi connectivity index (χ4n) is 1.37. The molecule has 0 heterocycles. The maximum absolute atomic E-state index is 11.6. The molecule has 0 fully saturated rings. The van der Waals surface area contributed by atoms with Gasteiger partial charge in [-0.1, -0.05) is 41.4 Å². The second-order valence-electron chi connectivity index (χ2n) is 3.65. The fraction of sp³-hybridized carbons (Fsp3) is 0.0714. The average Bonchev–Trinajstić information content (AvgIpc) is 2.41. The summed E-state index contributed by atoms with van der Waals surface area (Å²) in [5.74, 6) is 0.322. The van der Waals surface area contributed by atoms with Gasteiger partial charge in [0.05, 0.1) is 5.02 Å².